The van der Waals surface area contributed by atoms with Gasteiger partial charge in [-0.05, 0) is 42.7 Å². The fourth-order valence-corrected chi connectivity index (χ4v) is 3.67. The average Bonchev–Trinajstić information content (AvgIpc) is 3.42. The van der Waals surface area contributed by atoms with Crippen LogP contribution >= 0.6 is 15.9 Å². The molecule has 1 aliphatic carbocycles. The minimum atomic E-state index is -0.918. The molecule has 26 heavy (non-hydrogen) atoms. The molecular weight excluding hydrogens is 398 g/mol. The van der Waals surface area contributed by atoms with Crippen LogP contribution in [0.5, 0.6) is 5.75 Å². The van der Waals surface area contributed by atoms with Crippen molar-refractivity contribution >= 4 is 21.9 Å². The number of rotatable bonds is 7. The zero-order chi connectivity index (χ0) is 18.7. The Morgan fingerprint density at radius 2 is 2.08 bits per heavy atom. The SMILES string of the molecule is COc1ccc(Br)c([C@@H]2C[C@@]2(CO)C(=O)ONC(C)c2ccccc2)c1. The van der Waals surface area contributed by atoms with Gasteiger partial charge in [-0.3, -0.25) is 0 Å². The molecule has 0 spiro atoms. The Hall–Kier alpha value is -1.89. The predicted octanol–water partition coefficient (Wildman–Crippen LogP) is 3.73. The molecule has 138 valence electrons. The molecule has 2 aromatic rings. The van der Waals surface area contributed by atoms with Gasteiger partial charge < -0.3 is 14.7 Å². The monoisotopic (exact) mass is 419 g/mol. The van der Waals surface area contributed by atoms with Crippen LogP contribution in [0.1, 0.15) is 36.4 Å². The number of carbonyl (C=O) groups is 1. The number of halogens is 1. The van der Waals surface area contributed by atoms with E-state index >= 15 is 0 Å². The number of ether oxygens (including phenoxy) is 1. The molecule has 3 rings (SSSR count). The summed E-state index contributed by atoms with van der Waals surface area (Å²) in [6.07, 6.45) is 0.537. The van der Waals surface area contributed by atoms with E-state index in [1.165, 1.54) is 0 Å². The van der Waals surface area contributed by atoms with Crippen molar-refractivity contribution in [3.63, 3.8) is 0 Å². The van der Waals surface area contributed by atoms with Crippen molar-refractivity contribution in [3.8, 4) is 5.75 Å². The minimum absolute atomic E-state index is 0.113. The number of hydroxylamine groups is 1. The van der Waals surface area contributed by atoms with Crippen LogP contribution in [0.3, 0.4) is 0 Å². The normalized spacial score (nSPS) is 22.5. The van der Waals surface area contributed by atoms with Gasteiger partial charge in [0.1, 0.15) is 11.2 Å². The van der Waals surface area contributed by atoms with E-state index in [2.05, 4.69) is 21.4 Å². The van der Waals surface area contributed by atoms with Crippen molar-refractivity contribution in [3.05, 3.63) is 64.1 Å². The number of hydrogen-bond donors (Lipinski definition) is 2. The Morgan fingerprint density at radius 3 is 2.73 bits per heavy atom. The molecule has 1 saturated carbocycles. The molecule has 1 unspecified atom stereocenters. The number of methoxy groups -OCH3 is 1. The van der Waals surface area contributed by atoms with Gasteiger partial charge in [0.2, 0.25) is 0 Å². The highest BCUT2D eigenvalue weighted by molar-refractivity contribution is 9.10. The van der Waals surface area contributed by atoms with Crippen LogP contribution in [-0.4, -0.2) is 24.8 Å². The second-order valence-electron chi connectivity index (χ2n) is 6.60. The molecule has 5 nitrogen and oxygen atoms in total. The van der Waals surface area contributed by atoms with Gasteiger partial charge in [0.15, 0.2) is 0 Å². The van der Waals surface area contributed by atoms with Crippen LogP contribution in [0.25, 0.3) is 0 Å². The third kappa shape index (κ3) is 3.63. The highest BCUT2D eigenvalue weighted by atomic mass is 79.9. The van der Waals surface area contributed by atoms with Crippen LogP contribution in [0.4, 0.5) is 0 Å². The summed E-state index contributed by atoms with van der Waals surface area (Å²) in [6.45, 7) is 1.65. The summed E-state index contributed by atoms with van der Waals surface area (Å²) in [6, 6.07) is 15.2. The van der Waals surface area contributed by atoms with Crippen LogP contribution in [0.2, 0.25) is 0 Å². The Morgan fingerprint density at radius 1 is 1.35 bits per heavy atom. The highest BCUT2D eigenvalue weighted by Crippen LogP contribution is 2.61. The van der Waals surface area contributed by atoms with Gasteiger partial charge in [0.05, 0.1) is 19.8 Å². The summed E-state index contributed by atoms with van der Waals surface area (Å²) in [7, 11) is 1.60. The van der Waals surface area contributed by atoms with E-state index in [-0.39, 0.29) is 18.6 Å². The third-order valence-corrected chi connectivity index (χ3v) is 5.69. The molecule has 1 fully saturated rings. The van der Waals surface area contributed by atoms with E-state index in [0.29, 0.717) is 12.2 Å². The fourth-order valence-electron chi connectivity index (χ4n) is 3.15. The van der Waals surface area contributed by atoms with Gasteiger partial charge in [-0.15, -0.1) is 5.48 Å². The highest BCUT2D eigenvalue weighted by Gasteiger charge is 2.62. The molecule has 2 aromatic carbocycles. The van der Waals surface area contributed by atoms with Gasteiger partial charge in [0, 0.05) is 10.4 Å². The first-order valence-electron chi connectivity index (χ1n) is 8.48. The molecule has 0 heterocycles. The lowest BCUT2D eigenvalue weighted by Gasteiger charge is -2.18. The number of carbonyl (C=O) groups excluding carboxylic acids is 1. The zero-order valence-electron chi connectivity index (χ0n) is 14.7. The standard InChI is InChI=1S/C20H22BrNO4/c1-13(14-6-4-3-5-7-14)22-26-19(24)20(12-23)11-17(20)16-10-15(25-2)8-9-18(16)21/h3-10,13,17,22-23H,11-12H2,1-2H3/t13?,17-,20-/m0/s1. The number of nitrogens with one attached hydrogen (secondary N) is 1. The lowest BCUT2D eigenvalue weighted by atomic mass is 10.00. The Bertz CT molecular complexity index is 783. The predicted molar refractivity (Wildman–Crippen MR) is 102 cm³/mol. The molecular formula is C20H22BrNO4. The van der Waals surface area contributed by atoms with E-state index in [9.17, 15) is 9.90 Å². The molecule has 0 aromatic heterocycles. The van der Waals surface area contributed by atoms with Gasteiger partial charge in [0.25, 0.3) is 0 Å². The molecule has 2 N–H and O–H groups in total. The summed E-state index contributed by atoms with van der Waals surface area (Å²) < 4.78 is 6.15. The second kappa shape index (κ2) is 7.78. The fraction of sp³-hybridized carbons (Fsp3) is 0.350. The second-order valence-corrected chi connectivity index (χ2v) is 7.45. The molecule has 0 bridgehead atoms. The van der Waals surface area contributed by atoms with Gasteiger partial charge in [-0.1, -0.05) is 46.3 Å². The number of hydrogen-bond acceptors (Lipinski definition) is 5. The first-order chi connectivity index (χ1) is 12.5. The largest absolute Gasteiger partial charge is 0.497 e. The summed E-state index contributed by atoms with van der Waals surface area (Å²) in [5.74, 6) is 0.159. The quantitative estimate of drug-likeness (QED) is 0.669. The molecule has 0 amide bonds. The van der Waals surface area contributed by atoms with E-state index in [1.807, 2.05) is 55.5 Å². The Kier molecular flexibility index (Phi) is 5.65. The Labute approximate surface area is 161 Å². The first-order valence-corrected chi connectivity index (χ1v) is 9.27. The number of aliphatic hydroxyl groups is 1. The third-order valence-electron chi connectivity index (χ3n) is 4.97. The molecule has 0 saturated heterocycles. The summed E-state index contributed by atoms with van der Waals surface area (Å²) >= 11 is 3.52. The first kappa shape index (κ1) is 18.9. The van der Waals surface area contributed by atoms with Crippen molar-refractivity contribution in [2.45, 2.75) is 25.3 Å². The van der Waals surface area contributed by atoms with Crippen molar-refractivity contribution in [2.24, 2.45) is 5.41 Å². The van der Waals surface area contributed by atoms with Crippen LogP contribution in [-0.2, 0) is 9.63 Å². The number of benzene rings is 2. The van der Waals surface area contributed by atoms with Crippen molar-refractivity contribution in [1.29, 1.82) is 0 Å². The smallest absolute Gasteiger partial charge is 0.333 e. The summed E-state index contributed by atoms with van der Waals surface area (Å²) in [5, 5.41) is 9.88. The maximum Gasteiger partial charge on any atom is 0.333 e. The van der Waals surface area contributed by atoms with E-state index < -0.39 is 11.4 Å². The summed E-state index contributed by atoms with van der Waals surface area (Å²) in [4.78, 5) is 18.0. The van der Waals surface area contributed by atoms with E-state index in [4.69, 9.17) is 9.57 Å². The van der Waals surface area contributed by atoms with Gasteiger partial charge in [-0.2, -0.15) is 0 Å². The van der Waals surface area contributed by atoms with E-state index in [0.717, 1.165) is 15.6 Å². The topological polar surface area (TPSA) is 67.8 Å². The molecule has 0 aliphatic heterocycles. The van der Waals surface area contributed by atoms with E-state index in [1.54, 1.807) is 7.11 Å². The lowest BCUT2D eigenvalue weighted by molar-refractivity contribution is -0.161. The van der Waals surface area contributed by atoms with Crippen molar-refractivity contribution in [2.75, 3.05) is 13.7 Å². The van der Waals surface area contributed by atoms with Crippen molar-refractivity contribution < 1.29 is 19.5 Å². The van der Waals surface area contributed by atoms with Crippen LogP contribution in [0, 0.1) is 5.41 Å². The van der Waals surface area contributed by atoms with Crippen LogP contribution < -0.4 is 10.2 Å². The van der Waals surface area contributed by atoms with Gasteiger partial charge in [-0.25, -0.2) is 4.79 Å². The molecule has 1 aliphatic rings. The van der Waals surface area contributed by atoms with Crippen molar-refractivity contribution in [1.82, 2.24) is 5.48 Å². The van der Waals surface area contributed by atoms with Gasteiger partial charge >= 0.3 is 5.97 Å². The lowest BCUT2D eigenvalue weighted by Crippen LogP contribution is -2.31. The minimum Gasteiger partial charge on any atom is -0.497 e. The zero-order valence-corrected chi connectivity index (χ0v) is 16.3. The molecule has 0 radical (unpaired) electrons. The van der Waals surface area contributed by atoms with Crippen LogP contribution in [0.15, 0.2) is 53.0 Å². The maximum atomic E-state index is 12.7. The maximum absolute atomic E-state index is 12.7. The molecule has 3 atom stereocenters. The Balaban J connectivity index is 1.69. The average molecular weight is 420 g/mol. The summed E-state index contributed by atoms with van der Waals surface area (Å²) in [5.41, 5.74) is 3.82. The number of aliphatic hydroxyl groups excluding tert-OH is 1. The molecule has 6 heteroatoms.